The van der Waals surface area contributed by atoms with E-state index in [1.807, 2.05) is 67.1 Å². The third-order valence-electron chi connectivity index (χ3n) is 6.68. The van der Waals surface area contributed by atoms with Crippen molar-refractivity contribution in [3.8, 4) is 28.6 Å². The highest BCUT2D eigenvalue weighted by Crippen LogP contribution is 2.38. The number of hydrogen-bond acceptors (Lipinski definition) is 9. The van der Waals surface area contributed by atoms with Crippen molar-refractivity contribution in [1.29, 1.82) is 0 Å². The predicted octanol–water partition coefficient (Wildman–Crippen LogP) is 2.37. The average Bonchev–Trinajstić information content (AvgIpc) is 3.29. The third kappa shape index (κ3) is 5.53. The third-order valence-corrected chi connectivity index (χ3v) is 6.68. The molecule has 1 aromatic heterocycles. The second-order valence-electron chi connectivity index (χ2n) is 9.46. The number of ether oxygens (including phenoxy) is 4. The molecule has 204 valence electrons. The van der Waals surface area contributed by atoms with E-state index in [2.05, 4.69) is 0 Å². The quantitative estimate of drug-likeness (QED) is 0.341. The Morgan fingerprint density at radius 1 is 1.00 bits per heavy atom. The van der Waals surface area contributed by atoms with Crippen LogP contribution in [0.4, 0.5) is 0 Å². The summed E-state index contributed by atoms with van der Waals surface area (Å²) in [6.07, 6.45) is -4.38. The van der Waals surface area contributed by atoms with Gasteiger partial charge >= 0.3 is 0 Å². The van der Waals surface area contributed by atoms with E-state index in [1.165, 1.54) is 0 Å². The lowest BCUT2D eigenvalue weighted by molar-refractivity contribution is -0.253. The first kappa shape index (κ1) is 27.6. The maximum atomic E-state index is 11.9. The molecule has 0 saturated carbocycles. The highest BCUT2D eigenvalue weighted by Gasteiger charge is 2.46. The number of aromatic nitrogens is 2. The van der Waals surface area contributed by atoms with Crippen LogP contribution >= 0.6 is 0 Å². The molecule has 0 radical (unpaired) electrons. The van der Waals surface area contributed by atoms with Gasteiger partial charge in [-0.25, -0.2) is 0 Å². The molecule has 3 N–H and O–H groups in total. The highest BCUT2D eigenvalue weighted by molar-refractivity contribution is 5.68. The summed E-state index contributed by atoms with van der Waals surface area (Å²) in [4.78, 5) is 11.9. The molecule has 1 aliphatic heterocycles. The monoisotopic (exact) mass is 526 g/mol. The zero-order chi connectivity index (χ0) is 27.4. The van der Waals surface area contributed by atoms with Crippen molar-refractivity contribution in [1.82, 2.24) is 9.78 Å². The number of hydrogen-bond donors (Lipinski definition) is 3. The summed E-state index contributed by atoms with van der Waals surface area (Å²) in [5, 5.41) is 35.2. The minimum Gasteiger partial charge on any atom is -0.497 e. The molecule has 0 amide bonds. The number of carbonyl (C=O) groups excluding carboxylic acids is 1. The summed E-state index contributed by atoms with van der Waals surface area (Å²) in [7, 11) is 3.21. The summed E-state index contributed by atoms with van der Waals surface area (Å²) in [6.45, 7) is 3.43. The van der Waals surface area contributed by atoms with Crippen LogP contribution in [0.1, 0.15) is 31.0 Å². The molecule has 0 bridgehead atoms. The minimum absolute atomic E-state index is 0.0502. The Morgan fingerprint density at radius 2 is 1.61 bits per heavy atom. The van der Waals surface area contributed by atoms with Gasteiger partial charge in [0, 0.05) is 23.6 Å². The second kappa shape index (κ2) is 12.0. The van der Waals surface area contributed by atoms with Gasteiger partial charge in [-0.05, 0) is 55.8 Å². The van der Waals surface area contributed by atoms with Gasteiger partial charge < -0.3 is 39.1 Å². The molecule has 10 nitrogen and oxygen atoms in total. The molecular weight excluding hydrogens is 492 g/mol. The van der Waals surface area contributed by atoms with Crippen LogP contribution in [0.5, 0.6) is 17.4 Å². The van der Waals surface area contributed by atoms with Gasteiger partial charge in [0.2, 0.25) is 12.2 Å². The summed E-state index contributed by atoms with van der Waals surface area (Å²) in [5.41, 5.74) is 3.40. The fourth-order valence-corrected chi connectivity index (χ4v) is 4.54. The van der Waals surface area contributed by atoms with Crippen molar-refractivity contribution in [2.24, 2.45) is 5.92 Å². The van der Waals surface area contributed by atoms with Crippen molar-refractivity contribution in [2.75, 3.05) is 20.8 Å². The van der Waals surface area contributed by atoms with Gasteiger partial charge in [0.05, 0.1) is 32.6 Å². The largest absolute Gasteiger partial charge is 0.497 e. The molecule has 10 heteroatoms. The first-order valence-corrected chi connectivity index (χ1v) is 12.4. The van der Waals surface area contributed by atoms with Crippen molar-refractivity contribution in [2.45, 2.75) is 50.9 Å². The second-order valence-corrected chi connectivity index (χ2v) is 9.46. The molecule has 0 spiro atoms. The van der Waals surface area contributed by atoms with Crippen LogP contribution in [-0.4, -0.2) is 76.8 Å². The molecule has 1 unspecified atom stereocenters. The molecule has 3 aromatic rings. The lowest BCUT2D eigenvalue weighted by atomic mass is 9.92. The average molecular weight is 527 g/mol. The summed E-state index contributed by atoms with van der Waals surface area (Å²) >= 11 is 0. The lowest BCUT2D eigenvalue weighted by Crippen LogP contribution is -2.57. The van der Waals surface area contributed by atoms with Crippen molar-refractivity contribution < 1.29 is 39.1 Å². The van der Waals surface area contributed by atoms with Gasteiger partial charge in [0.15, 0.2) is 0 Å². The molecule has 2 aromatic carbocycles. The summed E-state index contributed by atoms with van der Waals surface area (Å²) < 4.78 is 24.3. The van der Waals surface area contributed by atoms with Crippen LogP contribution < -0.4 is 14.2 Å². The number of aliphatic hydroxyl groups is 3. The Bertz CT molecular complexity index is 1210. The van der Waals surface area contributed by atoms with Crippen LogP contribution in [0.15, 0.2) is 48.5 Å². The van der Waals surface area contributed by atoms with Crippen LogP contribution in [-0.2, 0) is 16.0 Å². The van der Waals surface area contributed by atoms with Gasteiger partial charge in [-0.1, -0.05) is 12.1 Å². The van der Waals surface area contributed by atoms with E-state index in [4.69, 9.17) is 24.0 Å². The Balaban J connectivity index is 1.82. The lowest BCUT2D eigenvalue weighted by Gasteiger charge is -2.39. The standard InChI is InChI=1S/C28H34N2O8/c1-16(2)30-24(18-7-11-20(36-4)12-8-18)21(13-17-5-9-19(35-3)10-6-17)27(29-30)38-28-22(14-31)25(33)26(34)23(15-32)37-28/h5-12,14,16,22-23,25-26,28,32-34H,13,15H2,1-4H3/t22-,23-,25-,26-,28?/m1/s1. The van der Waals surface area contributed by atoms with Crippen molar-refractivity contribution in [3.05, 3.63) is 59.7 Å². The first-order chi connectivity index (χ1) is 18.3. The van der Waals surface area contributed by atoms with Crippen LogP contribution in [0.3, 0.4) is 0 Å². The van der Waals surface area contributed by atoms with E-state index in [9.17, 15) is 20.1 Å². The maximum Gasteiger partial charge on any atom is 0.239 e. The van der Waals surface area contributed by atoms with E-state index in [-0.39, 0.29) is 11.9 Å². The molecule has 5 atom stereocenters. The minimum atomic E-state index is -1.47. The highest BCUT2D eigenvalue weighted by atomic mass is 16.7. The van der Waals surface area contributed by atoms with Gasteiger partial charge in [-0.15, -0.1) is 5.10 Å². The number of nitrogens with zero attached hydrogens (tertiary/aromatic N) is 2. The van der Waals surface area contributed by atoms with E-state index < -0.39 is 37.1 Å². The van der Waals surface area contributed by atoms with Crippen molar-refractivity contribution >= 4 is 6.29 Å². The molecule has 38 heavy (non-hydrogen) atoms. The van der Waals surface area contributed by atoms with E-state index in [1.54, 1.807) is 14.2 Å². The number of benzene rings is 2. The number of rotatable bonds is 10. The summed E-state index contributed by atoms with van der Waals surface area (Å²) in [6, 6.07) is 15.2. The van der Waals surface area contributed by atoms with E-state index >= 15 is 0 Å². The Kier molecular flexibility index (Phi) is 8.68. The molecular formula is C28H34N2O8. The zero-order valence-corrected chi connectivity index (χ0v) is 21.9. The van der Waals surface area contributed by atoms with Crippen LogP contribution in [0.25, 0.3) is 11.3 Å². The first-order valence-electron chi connectivity index (χ1n) is 12.4. The number of carbonyl (C=O) groups is 1. The molecule has 1 fully saturated rings. The maximum absolute atomic E-state index is 11.9. The molecule has 1 aliphatic rings. The SMILES string of the molecule is COc1ccc(Cc2c(OC3O[C@H](CO)[C@@H](O)[C@H](O)[C@H]3C=O)nn(C(C)C)c2-c2ccc(OC)cc2)cc1. The van der Waals surface area contributed by atoms with E-state index in [0.717, 1.165) is 28.1 Å². The van der Waals surface area contributed by atoms with E-state index in [0.29, 0.717) is 18.5 Å². The predicted molar refractivity (Wildman–Crippen MR) is 138 cm³/mol. The fourth-order valence-electron chi connectivity index (χ4n) is 4.54. The molecule has 2 heterocycles. The topological polar surface area (TPSA) is 132 Å². The normalized spacial score (nSPS) is 23.3. The molecule has 4 rings (SSSR count). The summed E-state index contributed by atoms with van der Waals surface area (Å²) in [5.74, 6) is 0.475. The molecule has 0 aliphatic carbocycles. The number of aliphatic hydroxyl groups excluding tert-OH is 3. The Labute approximate surface area is 221 Å². The van der Waals surface area contributed by atoms with Crippen molar-refractivity contribution in [3.63, 3.8) is 0 Å². The number of methoxy groups -OCH3 is 2. The smallest absolute Gasteiger partial charge is 0.239 e. The van der Waals surface area contributed by atoms with Crippen LogP contribution in [0.2, 0.25) is 0 Å². The Hall–Kier alpha value is -3.44. The van der Waals surface area contributed by atoms with Gasteiger partial charge in [-0.3, -0.25) is 4.68 Å². The van der Waals surface area contributed by atoms with Gasteiger partial charge in [0.1, 0.15) is 35.9 Å². The van der Waals surface area contributed by atoms with Crippen LogP contribution in [0, 0.1) is 5.92 Å². The number of aldehydes is 1. The van der Waals surface area contributed by atoms with Gasteiger partial charge in [0.25, 0.3) is 0 Å². The molecule has 1 saturated heterocycles. The zero-order valence-electron chi connectivity index (χ0n) is 21.9. The Morgan fingerprint density at radius 3 is 2.13 bits per heavy atom. The fraction of sp³-hybridized carbons (Fsp3) is 0.429. The van der Waals surface area contributed by atoms with Gasteiger partial charge in [-0.2, -0.15) is 0 Å².